The molecule has 0 saturated carbocycles. The Balaban J connectivity index is 2.84. The van der Waals surface area contributed by atoms with Crippen molar-refractivity contribution >= 4 is 44.8 Å². The predicted molar refractivity (Wildman–Crippen MR) is 69.5 cm³/mol. The summed E-state index contributed by atoms with van der Waals surface area (Å²) >= 11 is 6.42. The average Bonchev–Trinajstić information content (AvgIpc) is 2.71. The molecule has 10 heteroatoms. The monoisotopic (exact) mass is 326 g/mol. The molecule has 19 heavy (non-hydrogen) atoms. The SMILES string of the molecule is NC(=O)CC[C@H](NS(=O)(=O)c1ccc(Cl)s1)C(=O)O. The second kappa shape index (κ2) is 6.33. The van der Waals surface area contributed by atoms with Crippen molar-refractivity contribution in [3.63, 3.8) is 0 Å². The fourth-order valence-corrected chi connectivity index (χ4v) is 3.93. The van der Waals surface area contributed by atoms with Crippen LogP contribution in [0, 0.1) is 0 Å². The summed E-state index contributed by atoms with van der Waals surface area (Å²) in [5.41, 5.74) is 4.89. The molecule has 1 amide bonds. The Morgan fingerprint density at radius 2 is 2.11 bits per heavy atom. The summed E-state index contributed by atoms with van der Waals surface area (Å²) in [5, 5.41) is 8.90. The molecule has 1 heterocycles. The molecular formula is C9H11ClN2O5S2. The van der Waals surface area contributed by atoms with Crippen LogP contribution in [0.1, 0.15) is 12.8 Å². The summed E-state index contributed by atoms with van der Waals surface area (Å²) in [4.78, 5) is 21.5. The largest absolute Gasteiger partial charge is 0.480 e. The lowest BCUT2D eigenvalue weighted by Gasteiger charge is -2.12. The van der Waals surface area contributed by atoms with E-state index < -0.39 is 27.9 Å². The summed E-state index contributed by atoms with van der Waals surface area (Å²) in [5.74, 6) is -2.09. The first-order chi connectivity index (χ1) is 8.72. The number of nitrogens with one attached hydrogen (secondary N) is 1. The number of primary amides is 1. The molecule has 0 aliphatic heterocycles. The third kappa shape index (κ3) is 4.78. The molecule has 0 aromatic carbocycles. The van der Waals surface area contributed by atoms with Gasteiger partial charge in [0, 0.05) is 6.42 Å². The fraction of sp³-hybridized carbons (Fsp3) is 0.333. The smallest absolute Gasteiger partial charge is 0.321 e. The van der Waals surface area contributed by atoms with E-state index in [0.717, 1.165) is 11.3 Å². The van der Waals surface area contributed by atoms with Crippen LogP contribution in [0.15, 0.2) is 16.3 Å². The van der Waals surface area contributed by atoms with Gasteiger partial charge in [-0.2, -0.15) is 4.72 Å². The van der Waals surface area contributed by atoms with Crippen molar-refractivity contribution in [1.29, 1.82) is 0 Å². The van der Waals surface area contributed by atoms with Gasteiger partial charge in [0.25, 0.3) is 10.0 Å². The number of sulfonamides is 1. The highest BCUT2D eigenvalue weighted by Gasteiger charge is 2.26. The van der Waals surface area contributed by atoms with Crippen molar-refractivity contribution in [1.82, 2.24) is 4.72 Å². The van der Waals surface area contributed by atoms with Crippen LogP contribution in [-0.2, 0) is 19.6 Å². The van der Waals surface area contributed by atoms with Gasteiger partial charge in [0.2, 0.25) is 5.91 Å². The van der Waals surface area contributed by atoms with E-state index in [-0.39, 0.29) is 21.4 Å². The molecule has 0 bridgehead atoms. The van der Waals surface area contributed by atoms with Crippen LogP contribution in [0.4, 0.5) is 0 Å². The molecule has 0 radical (unpaired) electrons. The summed E-state index contributed by atoms with van der Waals surface area (Å²) in [6.45, 7) is 0. The summed E-state index contributed by atoms with van der Waals surface area (Å²) in [6, 6.07) is 1.24. The minimum absolute atomic E-state index is 0.0946. The molecule has 4 N–H and O–H groups in total. The molecule has 0 saturated heterocycles. The van der Waals surface area contributed by atoms with E-state index in [9.17, 15) is 18.0 Å². The lowest BCUT2D eigenvalue weighted by molar-refractivity contribution is -0.139. The zero-order valence-corrected chi connectivity index (χ0v) is 11.9. The summed E-state index contributed by atoms with van der Waals surface area (Å²) in [6.07, 6.45) is -0.451. The number of hydrogen-bond donors (Lipinski definition) is 3. The van der Waals surface area contributed by atoms with Crippen LogP contribution in [0.25, 0.3) is 0 Å². The Kier molecular flexibility index (Phi) is 5.29. The fourth-order valence-electron chi connectivity index (χ4n) is 1.21. The second-order valence-electron chi connectivity index (χ2n) is 3.58. The van der Waals surface area contributed by atoms with Gasteiger partial charge in [0.15, 0.2) is 0 Å². The molecule has 0 spiro atoms. The second-order valence-corrected chi connectivity index (χ2v) is 7.23. The minimum Gasteiger partial charge on any atom is -0.480 e. The van der Waals surface area contributed by atoms with Crippen molar-refractivity contribution in [2.75, 3.05) is 0 Å². The Bertz CT molecular complexity index is 583. The molecule has 0 aliphatic rings. The van der Waals surface area contributed by atoms with E-state index in [0.29, 0.717) is 0 Å². The number of carbonyl (C=O) groups is 2. The highest BCUT2D eigenvalue weighted by Crippen LogP contribution is 2.25. The number of carbonyl (C=O) groups excluding carboxylic acids is 1. The third-order valence-electron chi connectivity index (χ3n) is 2.09. The molecule has 1 aromatic rings. The number of thiophene rings is 1. The maximum absolute atomic E-state index is 11.9. The molecule has 0 aliphatic carbocycles. The van der Waals surface area contributed by atoms with E-state index in [4.69, 9.17) is 22.4 Å². The highest BCUT2D eigenvalue weighted by atomic mass is 35.5. The number of halogens is 1. The first kappa shape index (κ1) is 15.9. The molecule has 7 nitrogen and oxygen atoms in total. The number of nitrogens with two attached hydrogens (primary N) is 1. The van der Waals surface area contributed by atoms with Gasteiger partial charge in [-0.1, -0.05) is 11.6 Å². The standard InChI is InChI=1S/C9H11ClN2O5S2/c10-6-2-4-8(18-6)19(16,17)12-5(9(14)15)1-3-7(11)13/h2,4-5,12H,1,3H2,(H2,11,13)(H,14,15)/t5-/m0/s1. The van der Waals surface area contributed by atoms with Crippen molar-refractivity contribution in [3.05, 3.63) is 16.5 Å². The summed E-state index contributed by atoms with van der Waals surface area (Å²) < 4.78 is 25.9. The van der Waals surface area contributed by atoms with Crippen LogP contribution >= 0.6 is 22.9 Å². The van der Waals surface area contributed by atoms with Crippen molar-refractivity contribution in [2.45, 2.75) is 23.1 Å². The van der Waals surface area contributed by atoms with E-state index in [1.807, 2.05) is 4.72 Å². The van der Waals surface area contributed by atoms with Gasteiger partial charge in [0.1, 0.15) is 10.3 Å². The Morgan fingerprint density at radius 1 is 1.47 bits per heavy atom. The van der Waals surface area contributed by atoms with Crippen LogP contribution in [0.3, 0.4) is 0 Å². The first-order valence-electron chi connectivity index (χ1n) is 5.01. The maximum atomic E-state index is 11.9. The van der Waals surface area contributed by atoms with Crippen LogP contribution in [-0.4, -0.2) is 31.4 Å². The molecule has 0 fully saturated rings. The molecule has 1 atom stereocenters. The number of carboxylic acid groups (broad SMARTS) is 1. The first-order valence-corrected chi connectivity index (χ1v) is 7.69. The highest BCUT2D eigenvalue weighted by molar-refractivity contribution is 7.91. The van der Waals surface area contributed by atoms with Gasteiger partial charge in [-0.05, 0) is 18.6 Å². The van der Waals surface area contributed by atoms with Crippen LogP contribution in [0.2, 0.25) is 4.34 Å². The molecular weight excluding hydrogens is 316 g/mol. The van der Waals surface area contributed by atoms with E-state index in [1.54, 1.807) is 0 Å². The van der Waals surface area contributed by atoms with Gasteiger partial charge in [-0.15, -0.1) is 11.3 Å². The number of aliphatic carboxylic acids is 1. The average molecular weight is 327 g/mol. The Labute approximate surface area is 118 Å². The van der Waals surface area contributed by atoms with Crippen LogP contribution < -0.4 is 10.5 Å². The van der Waals surface area contributed by atoms with Gasteiger partial charge in [-0.3, -0.25) is 9.59 Å². The summed E-state index contributed by atoms with van der Waals surface area (Å²) in [7, 11) is -3.98. The topological polar surface area (TPSA) is 127 Å². The van der Waals surface area contributed by atoms with Gasteiger partial charge in [0.05, 0.1) is 4.34 Å². The van der Waals surface area contributed by atoms with Gasteiger partial charge < -0.3 is 10.8 Å². The zero-order valence-electron chi connectivity index (χ0n) is 9.50. The van der Waals surface area contributed by atoms with Crippen molar-refractivity contribution in [3.8, 4) is 0 Å². The molecule has 106 valence electrons. The van der Waals surface area contributed by atoms with Gasteiger partial charge >= 0.3 is 5.97 Å². The van der Waals surface area contributed by atoms with Gasteiger partial charge in [-0.25, -0.2) is 8.42 Å². The number of rotatable bonds is 7. The molecule has 1 rings (SSSR count). The zero-order chi connectivity index (χ0) is 14.6. The normalized spacial score (nSPS) is 13.1. The quantitative estimate of drug-likeness (QED) is 0.668. The lowest BCUT2D eigenvalue weighted by atomic mass is 10.2. The third-order valence-corrected chi connectivity index (χ3v) is 5.28. The molecule has 0 unspecified atom stereocenters. The number of amides is 1. The Morgan fingerprint density at radius 3 is 2.53 bits per heavy atom. The van der Waals surface area contributed by atoms with Crippen molar-refractivity contribution < 1.29 is 23.1 Å². The van der Waals surface area contributed by atoms with E-state index in [2.05, 4.69) is 0 Å². The Hall–Kier alpha value is -1.16. The number of hydrogen-bond acceptors (Lipinski definition) is 5. The minimum atomic E-state index is -3.98. The lowest BCUT2D eigenvalue weighted by Crippen LogP contribution is -2.41. The molecule has 1 aromatic heterocycles. The van der Waals surface area contributed by atoms with E-state index >= 15 is 0 Å². The van der Waals surface area contributed by atoms with Crippen LogP contribution in [0.5, 0.6) is 0 Å². The van der Waals surface area contributed by atoms with Crippen molar-refractivity contribution in [2.24, 2.45) is 5.73 Å². The maximum Gasteiger partial charge on any atom is 0.321 e. The number of carboxylic acids is 1. The van der Waals surface area contributed by atoms with E-state index in [1.165, 1.54) is 12.1 Å². The predicted octanol–water partition coefficient (Wildman–Crippen LogP) is 0.398.